The first-order chi connectivity index (χ1) is 15.0. The van der Waals surface area contributed by atoms with Gasteiger partial charge in [-0.25, -0.2) is 9.37 Å². The number of aromatic amines is 1. The van der Waals surface area contributed by atoms with Gasteiger partial charge >= 0.3 is 4.87 Å². The number of hydrogen-bond acceptors (Lipinski definition) is 6. The molecule has 0 aliphatic carbocycles. The van der Waals surface area contributed by atoms with Crippen molar-refractivity contribution in [2.45, 2.75) is 32.8 Å². The Balaban J connectivity index is 1.35. The van der Waals surface area contributed by atoms with Crippen LogP contribution in [0.25, 0.3) is 11.5 Å². The molecule has 2 N–H and O–H groups in total. The molecule has 0 aliphatic rings. The van der Waals surface area contributed by atoms with Crippen LogP contribution in [0, 0.1) is 12.7 Å². The van der Waals surface area contributed by atoms with E-state index in [2.05, 4.69) is 9.97 Å². The molecule has 2 aromatic carbocycles. The molecule has 0 amide bonds. The van der Waals surface area contributed by atoms with Gasteiger partial charge in [0.2, 0.25) is 11.8 Å². The number of benzene rings is 2. The number of aromatic nitrogens is 2. The van der Waals surface area contributed by atoms with Crippen LogP contribution >= 0.6 is 11.3 Å². The third-order valence-electron chi connectivity index (χ3n) is 4.84. The molecule has 160 valence electrons. The number of aryl methyl sites for hydroxylation is 3. The lowest BCUT2D eigenvalue weighted by atomic mass is 10.1. The van der Waals surface area contributed by atoms with Crippen molar-refractivity contribution in [1.29, 1.82) is 0 Å². The van der Waals surface area contributed by atoms with Crippen LogP contribution in [0.3, 0.4) is 0 Å². The summed E-state index contributed by atoms with van der Waals surface area (Å²) < 4.78 is 25.8. The van der Waals surface area contributed by atoms with E-state index in [1.807, 2.05) is 36.4 Å². The van der Waals surface area contributed by atoms with Crippen LogP contribution < -0.4 is 9.61 Å². The zero-order valence-electron chi connectivity index (χ0n) is 16.9. The van der Waals surface area contributed by atoms with Crippen LogP contribution in [0.5, 0.6) is 11.6 Å². The van der Waals surface area contributed by atoms with Gasteiger partial charge in [0, 0.05) is 5.56 Å². The molecule has 0 saturated heterocycles. The van der Waals surface area contributed by atoms with E-state index in [-0.39, 0.29) is 23.1 Å². The second kappa shape index (κ2) is 9.18. The molecular formula is C23H21FN2O4S. The first-order valence-corrected chi connectivity index (χ1v) is 10.6. The first-order valence-electron chi connectivity index (χ1n) is 9.83. The van der Waals surface area contributed by atoms with Crippen molar-refractivity contribution in [2.24, 2.45) is 0 Å². The standard InChI is InChI=1S/C23H21FN2O4S/c1-14-18(25-22(30-14)16-7-3-2-4-8-16)13-29-19-11-10-15(12-17(19)24)6-5-9-20-21(27)26-23(28)31-20/h2-4,7-8,10-12,27H,5-6,9,13H2,1H3,(H,26,28). The maximum absolute atomic E-state index is 14.5. The van der Waals surface area contributed by atoms with E-state index in [0.717, 1.165) is 22.5 Å². The lowest BCUT2D eigenvalue weighted by Crippen LogP contribution is -2.00. The van der Waals surface area contributed by atoms with Crippen LogP contribution in [0.1, 0.15) is 28.3 Å². The Bertz CT molecular complexity index is 1230. The largest absolute Gasteiger partial charge is 0.494 e. The van der Waals surface area contributed by atoms with Crippen LogP contribution in [0.2, 0.25) is 0 Å². The number of nitrogens with zero attached hydrogens (tertiary/aromatic N) is 1. The van der Waals surface area contributed by atoms with E-state index in [9.17, 15) is 14.3 Å². The molecule has 0 aliphatic heterocycles. The molecule has 0 atom stereocenters. The Morgan fingerprint density at radius 2 is 2.00 bits per heavy atom. The van der Waals surface area contributed by atoms with Crippen molar-refractivity contribution in [3.8, 4) is 23.1 Å². The number of ether oxygens (including phenoxy) is 1. The maximum Gasteiger partial charge on any atom is 0.307 e. The summed E-state index contributed by atoms with van der Waals surface area (Å²) in [6, 6.07) is 14.4. The van der Waals surface area contributed by atoms with Gasteiger partial charge in [0.25, 0.3) is 0 Å². The van der Waals surface area contributed by atoms with E-state index >= 15 is 0 Å². The number of rotatable bonds is 8. The third kappa shape index (κ3) is 5.03. The van der Waals surface area contributed by atoms with Crippen molar-refractivity contribution in [1.82, 2.24) is 9.97 Å². The van der Waals surface area contributed by atoms with Gasteiger partial charge in [0.15, 0.2) is 11.6 Å². The summed E-state index contributed by atoms with van der Waals surface area (Å²) in [5.74, 6) is 0.755. The lowest BCUT2D eigenvalue weighted by molar-refractivity contribution is 0.284. The first kappa shape index (κ1) is 20.9. The molecule has 2 aromatic heterocycles. The van der Waals surface area contributed by atoms with E-state index in [1.165, 1.54) is 6.07 Å². The van der Waals surface area contributed by atoms with Gasteiger partial charge in [-0.3, -0.25) is 9.78 Å². The minimum atomic E-state index is -0.448. The predicted molar refractivity (Wildman–Crippen MR) is 116 cm³/mol. The van der Waals surface area contributed by atoms with Gasteiger partial charge in [-0.1, -0.05) is 35.6 Å². The highest BCUT2D eigenvalue weighted by Crippen LogP contribution is 2.25. The van der Waals surface area contributed by atoms with Crippen LogP contribution in [-0.2, 0) is 19.4 Å². The average molecular weight is 440 g/mol. The molecule has 6 nitrogen and oxygen atoms in total. The molecule has 31 heavy (non-hydrogen) atoms. The van der Waals surface area contributed by atoms with Crippen LogP contribution in [-0.4, -0.2) is 15.1 Å². The number of oxazole rings is 1. The van der Waals surface area contributed by atoms with Gasteiger partial charge in [-0.05, 0) is 56.0 Å². The number of halogens is 1. The summed E-state index contributed by atoms with van der Waals surface area (Å²) >= 11 is 0.992. The smallest absolute Gasteiger partial charge is 0.307 e. The molecule has 4 rings (SSSR count). The zero-order chi connectivity index (χ0) is 21.8. The highest BCUT2D eigenvalue weighted by atomic mass is 32.1. The average Bonchev–Trinajstić information content (AvgIpc) is 3.29. The maximum atomic E-state index is 14.5. The second-order valence-electron chi connectivity index (χ2n) is 7.08. The summed E-state index contributed by atoms with van der Waals surface area (Å²) in [5.41, 5.74) is 2.30. The highest BCUT2D eigenvalue weighted by Gasteiger charge is 2.13. The molecule has 0 fully saturated rings. The summed E-state index contributed by atoms with van der Waals surface area (Å²) in [5, 5.41) is 9.61. The molecular weight excluding hydrogens is 419 g/mol. The summed E-state index contributed by atoms with van der Waals surface area (Å²) in [6.07, 6.45) is 1.84. The van der Waals surface area contributed by atoms with E-state index < -0.39 is 5.82 Å². The van der Waals surface area contributed by atoms with E-state index in [1.54, 1.807) is 13.0 Å². The normalized spacial score (nSPS) is 11.0. The minimum Gasteiger partial charge on any atom is -0.494 e. The van der Waals surface area contributed by atoms with Gasteiger partial charge in [0.05, 0.1) is 4.88 Å². The van der Waals surface area contributed by atoms with Gasteiger partial charge < -0.3 is 14.3 Å². The molecule has 0 bridgehead atoms. The van der Waals surface area contributed by atoms with Crippen molar-refractivity contribution in [3.05, 3.63) is 85.9 Å². The van der Waals surface area contributed by atoms with Crippen molar-refractivity contribution < 1.29 is 18.7 Å². The highest BCUT2D eigenvalue weighted by molar-refractivity contribution is 7.09. The Labute approximate surface area is 182 Å². The fourth-order valence-corrected chi connectivity index (χ4v) is 3.97. The lowest BCUT2D eigenvalue weighted by Gasteiger charge is -2.08. The molecule has 0 spiro atoms. The molecule has 0 unspecified atom stereocenters. The number of aromatic hydroxyl groups is 1. The zero-order valence-corrected chi connectivity index (χ0v) is 17.7. The van der Waals surface area contributed by atoms with E-state index in [0.29, 0.717) is 41.5 Å². The Kier molecular flexibility index (Phi) is 6.18. The molecule has 4 aromatic rings. The van der Waals surface area contributed by atoms with Gasteiger partial charge in [0.1, 0.15) is 18.1 Å². The summed E-state index contributed by atoms with van der Waals surface area (Å²) in [6.45, 7) is 1.90. The third-order valence-corrected chi connectivity index (χ3v) is 5.78. The summed E-state index contributed by atoms with van der Waals surface area (Å²) in [7, 11) is 0. The van der Waals surface area contributed by atoms with Crippen LogP contribution in [0.4, 0.5) is 4.39 Å². The fraction of sp³-hybridized carbons (Fsp3) is 0.217. The van der Waals surface area contributed by atoms with E-state index in [4.69, 9.17) is 9.15 Å². The molecule has 0 saturated carbocycles. The SMILES string of the molecule is Cc1oc(-c2ccccc2)nc1COc1ccc(CCCc2sc(=O)[nH]c2O)cc1F. The number of hydrogen-bond donors (Lipinski definition) is 2. The Hall–Kier alpha value is -3.39. The van der Waals surface area contributed by atoms with Crippen molar-refractivity contribution >= 4 is 11.3 Å². The van der Waals surface area contributed by atoms with Crippen molar-refractivity contribution in [2.75, 3.05) is 0 Å². The quantitative estimate of drug-likeness (QED) is 0.403. The summed E-state index contributed by atoms with van der Waals surface area (Å²) in [4.78, 5) is 18.4. The second-order valence-corrected chi connectivity index (χ2v) is 8.15. The number of thiazole rings is 1. The Morgan fingerprint density at radius 3 is 2.71 bits per heavy atom. The predicted octanol–water partition coefficient (Wildman–Crippen LogP) is 5.00. The van der Waals surface area contributed by atoms with Gasteiger partial charge in [-0.15, -0.1) is 0 Å². The molecule has 8 heteroatoms. The fourth-order valence-electron chi connectivity index (χ4n) is 3.20. The minimum absolute atomic E-state index is 0.0801. The van der Waals surface area contributed by atoms with Gasteiger partial charge in [-0.2, -0.15) is 0 Å². The number of H-pyrrole nitrogens is 1. The molecule has 2 heterocycles. The topological polar surface area (TPSA) is 88.4 Å². The Morgan fingerprint density at radius 1 is 1.19 bits per heavy atom. The van der Waals surface area contributed by atoms with Crippen molar-refractivity contribution in [3.63, 3.8) is 0 Å². The number of nitrogens with one attached hydrogen (secondary N) is 1. The molecule has 0 radical (unpaired) electrons. The monoisotopic (exact) mass is 440 g/mol. The van der Waals surface area contributed by atoms with Crippen LogP contribution in [0.15, 0.2) is 57.7 Å².